The molecule has 1 aromatic rings. The van der Waals surface area contributed by atoms with Gasteiger partial charge in [0, 0.05) is 6.42 Å². The predicted molar refractivity (Wildman–Crippen MR) is 62.5 cm³/mol. The highest BCUT2D eigenvalue weighted by molar-refractivity contribution is 6.30. The number of carbonyl (C=O) groups excluding carboxylic acids is 1. The number of nitrogens with zero attached hydrogens (tertiary/aromatic N) is 2. The number of hydrogen-bond acceptors (Lipinski definition) is 4. The lowest BCUT2D eigenvalue weighted by molar-refractivity contribution is -0.116. The van der Waals surface area contributed by atoms with Crippen molar-refractivity contribution in [2.45, 2.75) is 19.8 Å². The molecule has 0 radical (unpaired) electrons. The number of ketones is 1. The van der Waals surface area contributed by atoms with Gasteiger partial charge in [-0.1, -0.05) is 17.7 Å². The van der Waals surface area contributed by atoms with Crippen LogP contribution in [0.2, 0.25) is 5.15 Å². The highest BCUT2D eigenvalue weighted by atomic mass is 35.5. The van der Waals surface area contributed by atoms with E-state index in [0.29, 0.717) is 29.6 Å². The second-order valence-corrected chi connectivity index (χ2v) is 3.59. The minimum atomic E-state index is 0.163. The lowest BCUT2D eigenvalue weighted by atomic mass is 10.2. The third-order valence-electron chi connectivity index (χ3n) is 1.88. The monoisotopic (exact) mass is 240 g/mol. The summed E-state index contributed by atoms with van der Waals surface area (Å²) in [7, 11) is 1.50. The van der Waals surface area contributed by atoms with E-state index in [2.05, 4.69) is 9.97 Å². The quantitative estimate of drug-likeness (QED) is 0.794. The van der Waals surface area contributed by atoms with Crippen LogP contribution in [0.25, 0.3) is 6.08 Å². The van der Waals surface area contributed by atoms with Gasteiger partial charge in [-0.3, -0.25) is 0 Å². The number of ether oxygens (including phenoxy) is 1. The third-order valence-corrected chi connectivity index (χ3v) is 2.16. The Labute approximate surface area is 99.3 Å². The smallest absolute Gasteiger partial charge is 0.233 e. The molecule has 0 aromatic carbocycles. The zero-order valence-electron chi connectivity index (χ0n) is 9.24. The molecule has 0 atom stereocenters. The van der Waals surface area contributed by atoms with Gasteiger partial charge in [-0.2, -0.15) is 4.98 Å². The molecule has 0 bridgehead atoms. The van der Waals surface area contributed by atoms with Crippen molar-refractivity contribution in [1.29, 1.82) is 0 Å². The van der Waals surface area contributed by atoms with Crippen molar-refractivity contribution >= 4 is 23.5 Å². The van der Waals surface area contributed by atoms with Gasteiger partial charge in [-0.05, 0) is 19.4 Å². The van der Waals surface area contributed by atoms with E-state index in [0.717, 1.165) is 0 Å². The number of methoxy groups -OCH3 is 1. The highest BCUT2D eigenvalue weighted by Gasteiger charge is 2.01. The first-order chi connectivity index (χ1) is 7.63. The van der Waals surface area contributed by atoms with Crippen molar-refractivity contribution in [2.24, 2.45) is 0 Å². The van der Waals surface area contributed by atoms with Crippen molar-refractivity contribution < 1.29 is 9.53 Å². The van der Waals surface area contributed by atoms with E-state index >= 15 is 0 Å². The summed E-state index contributed by atoms with van der Waals surface area (Å²) >= 11 is 5.88. The second kappa shape index (κ2) is 6.23. The van der Waals surface area contributed by atoms with Gasteiger partial charge >= 0.3 is 0 Å². The van der Waals surface area contributed by atoms with Crippen molar-refractivity contribution in [3.8, 4) is 5.88 Å². The Morgan fingerprint density at radius 3 is 2.94 bits per heavy atom. The van der Waals surface area contributed by atoms with E-state index in [1.165, 1.54) is 13.3 Å². The van der Waals surface area contributed by atoms with Gasteiger partial charge in [0.2, 0.25) is 5.88 Å². The normalized spacial score (nSPS) is 10.7. The van der Waals surface area contributed by atoms with Crippen molar-refractivity contribution in [1.82, 2.24) is 9.97 Å². The molecule has 0 aliphatic rings. The molecular weight excluding hydrogens is 228 g/mol. The fraction of sp³-hybridized carbons (Fsp3) is 0.364. The van der Waals surface area contributed by atoms with Crippen LogP contribution in [-0.2, 0) is 4.79 Å². The molecule has 0 saturated carbocycles. The maximum absolute atomic E-state index is 10.7. The predicted octanol–water partition coefficient (Wildman–Crippen LogP) is 2.52. The van der Waals surface area contributed by atoms with Gasteiger partial charge in [0.15, 0.2) is 5.15 Å². The summed E-state index contributed by atoms with van der Waals surface area (Å²) in [6.07, 6.45) is 6.30. The molecule has 0 saturated heterocycles. The molecule has 0 amide bonds. The fourth-order valence-electron chi connectivity index (χ4n) is 1.05. The maximum atomic E-state index is 10.7. The minimum absolute atomic E-state index is 0.163. The molecule has 16 heavy (non-hydrogen) atoms. The Kier molecular flexibility index (Phi) is 4.92. The van der Waals surface area contributed by atoms with Crippen LogP contribution in [0.15, 0.2) is 12.3 Å². The first-order valence-electron chi connectivity index (χ1n) is 4.86. The molecule has 0 spiro atoms. The second-order valence-electron chi connectivity index (χ2n) is 3.23. The van der Waals surface area contributed by atoms with Crippen LogP contribution < -0.4 is 4.74 Å². The summed E-state index contributed by atoms with van der Waals surface area (Å²) < 4.78 is 4.88. The van der Waals surface area contributed by atoms with Crippen LogP contribution in [0.5, 0.6) is 5.88 Å². The molecule has 0 N–H and O–H groups in total. The molecule has 0 aliphatic heterocycles. The molecule has 1 aromatic heterocycles. The van der Waals surface area contributed by atoms with E-state index in [1.807, 2.05) is 6.08 Å². The Morgan fingerprint density at radius 2 is 2.38 bits per heavy atom. The van der Waals surface area contributed by atoms with Gasteiger partial charge in [0.25, 0.3) is 0 Å². The van der Waals surface area contributed by atoms with Crippen LogP contribution >= 0.6 is 11.6 Å². The molecule has 1 heterocycles. The van der Waals surface area contributed by atoms with Crippen LogP contribution in [0, 0.1) is 0 Å². The Hall–Kier alpha value is -1.42. The van der Waals surface area contributed by atoms with Gasteiger partial charge in [0.05, 0.1) is 13.3 Å². The molecule has 0 aliphatic carbocycles. The lowest BCUT2D eigenvalue weighted by Gasteiger charge is -2.00. The molecule has 86 valence electrons. The Balaban J connectivity index is 2.63. The van der Waals surface area contributed by atoms with Gasteiger partial charge in [-0.15, -0.1) is 0 Å². The molecular formula is C11H13ClN2O2. The van der Waals surface area contributed by atoms with Crippen LogP contribution in [0.3, 0.4) is 0 Å². The maximum Gasteiger partial charge on any atom is 0.233 e. The largest absolute Gasteiger partial charge is 0.480 e. The van der Waals surface area contributed by atoms with E-state index < -0.39 is 0 Å². The Morgan fingerprint density at radius 1 is 1.62 bits per heavy atom. The van der Waals surface area contributed by atoms with Crippen LogP contribution in [0.1, 0.15) is 25.5 Å². The summed E-state index contributed by atoms with van der Waals surface area (Å²) in [6, 6.07) is 0. The topological polar surface area (TPSA) is 52.1 Å². The number of carbonyl (C=O) groups is 1. The molecule has 0 unspecified atom stereocenters. The number of aromatic nitrogens is 2. The zero-order chi connectivity index (χ0) is 12.0. The minimum Gasteiger partial charge on any atom is -0.480 e. The summed E-state index contributed by atoms with van der Waals surface area (Å²) in [5.41, 5.74) is 0.575. The van der Waals surface area contributed by atoms with E-state index in [1.54, 1.807) is 13.0 Å². The third kappa shape index (κ3) is 3.98. The van der Waals surface area contributed by atoms with E-state index in [9.17, 15) is 4.79 Å². The van der Waals surface area contributed by atoms with Gasteiger partial charge < -0.3 is 9.53 Å². The van der Waals surface area contributed by atoms with Crippen molar-refractivity contribution in [2.75, 3.05) is 7.11 Å². The Bertz CT molecular complexity index is 405. The molecule has 1 rings (SSSR count). The van der Waals surface area contributed by atoms with Gasteiger partial charge in [0.1, 0.15) is 11.5 Å². The lowest BCUT2D eigenvalue weighted by Crippen LogP contribution is -1.92. The first kappa shape index (κ1) is 12.6. The average molecular weight is 241 g/mol. The summed E-state index contributed by atoms with van der Waals surface area (Å²) in [5, 5.41) is 0.290. The SMILES string of the molecule is COc1cnc(/C=C/CCC(C)=O)c(Cl)n1. The molecule has 5 heteroatoms. The van der Waals surface area contributed by atoms with Crippen LogP contribution in [-0.4, -0.2) is 22.9 Å². The number of hydrogen-bond donors (Lipinski definition) is 0. The summed E-state index contributed by atoms with van der Waals surface area (Å²) in [6.45, 7) is 1.56. The number of allylic oxidation sites excluding steroid dienone is 1. The molecule has 0 fully saturated rings. The first-order valence-corrected chi connectivity index (χ1v) is 5.23. The van der Waals surface area contributed by atoms with Gasteiger partial charge in [-0.25, -0.2) is 4.98 Å². The standard InChI is InChI=1S/C11H13ClN2O2/c1-8(15)5-3-4-6-9-11(12)14-10(16-2)7-13-9/h4,6-7H,3,5H2,1-2H3/b6-4+. The van der Waals surface area contributed by atoms with Crippen LogP contribution in [0.4, 0.5) is 0 Å². The highest BCUT2D eigenvalue weighted by Crippen LogP contribution is 2.16. The zero-order valence-corrected chi connectivity index (χ0v) is 9.99. The summed E-state index contributed by atoms with van der Waals surface area (Å²) in [5.74, 6) is 0.544. The average Bonchev–Trinajstić information content (AvgIpc) is 2.25. The van der Waals surface area contributed by atoms with Crippen molar-refractivity contribution in [3.05, 3.63) is 23.1 Å². The fourth-order valence-corrected chi connectivity index (χ4v) is 1.25. The molecule has 4 nitrogen and oxygen atoms in total. The number of halogens is 1. The van der Waals surface area contributed by atoms with E-state index in [4.69, 9.17) is 16.3 Å². The number of rotatable bonds is 5. The van der Waals surface area contributed by atoms with E-state index in [-0.39, 0.29) is 5.78 Å². The van der Waals surface area contributed by atoms with Crippen molar-refractivity contribution in [3.63, 3.8) is 0 Å². The summed E-state index contributed by atoms with van der Waals surface area (Å²) in [4.78, 5) is 18.7. The number of Topliss-reactive ketones (excluding diaryl/α,β-unsaturated/α-hetero) is 1.